The van der Waals surface area contributed by atoms with Gasteiger partial charge in [0.25, 0.3) is 0 Å². The molecule has 2 heterocycles. The zero-order valence-electron chi connectivity index (χ0n) is 10.2. The second-order valence-electron chi connectivity index (χ2n) is 4.87. The van der Waals surface area contributed by atoms with Gasteiger partial charge in [-0.1, -0.05) is 0 Å². The molecular formula is C12H19N3OS. The molecule has 1 aliphatic carbocycles. The number of hydrogen-bond acceptors (Lipinski definition) is 5. The van der Waals surface area contributed by atoms with E-state index in [0.29, 0.717) is 6.10 Å². The highest BCUT2D eigenvalue weighted by Crippen LogP contribution is 2.26. The third-order valence-electron chi connectivity index (χ3n) is 3.44. The topological polar surface area (TPSA) is 37.4 Å². The highest BCUT2D eigenvalue weighted by molar-refractivity contribution is 7.13. The number of methoxy groups -OCH3 is 1. The molecule has 2 aliphatic rings. The fourth-order valence-corrected chi connectivity index (χ4v) is 3.02. The molecule has 1 atom stereocenters. The summed E-state index contributed by atoms with van der Waals surface area (Å²) in [7, 11) is 1.79. The van der Waals surface area contributed by atoms with Gasteiger partial charge in [0, 0.05) is 38.2 Å². The Labute approximate surface area is 106 Å². The maximum Gasteiger partial charge on any atom is 0.185 e. The Morgan fingerprint density at radius 1 is 1.53 bits per heavy atom. The largest absolute Gasteiger partial charge is 0.380 e. The number of anilines is 1. The minimum Gasteiger partial charge on any atom is -0.380 e. The molecule has 3 rings (SSSR count). The summed E-state index contributed by atoms with van der Waals surface area (Å²) >= 11 is 1.75. The average molecular weight is 253 g/mol. The summed E-state index contributed by atoms with van der Waals surface area (Å²) in [6, 6.07) is 0.754. The van der Waals surface area contributed by atoms with Gasteiger partial charge in [-0.25, -0.2) is 4.98 Å². The minimum absolute atomic E-state index is 0.381. The van der Waals surface area contributed by atoms with Crippen molar-refractivity contribution < 1.29 is 4.74 Å². The Kier molecular flexibility index (Phi) is 3.31. The number of aromatic nitrogens is 1. The number of thiazole rings is 1. The number of nitrogens with zero attached hydrogens (tertiary/aromatic N) is 2. The zero-order chi connectivity index (χ0) is 11.7. The minimum atomic E-state index is 0.381. The molecule has 1 unspecified atom stereocenters. The lowest BCUT2D eigenvalue weighted by atomic mass is 10.3. The molecule has 1 saturated heterocycles. The van der Waals surface area contributed by atoms with Gasteiger partial charge in [0.05, 0.1) is 11.8 Å². The number of nitrogens with one attached hydrogen (secondary N) is 1. The molecule has 17 heavy (non-hydrogen) atoms. The van der Waals surface area contributed by atoms with E-state index in [9.17, 15) is 0 Å². The molecule has 4 nitrogen and oxygen atoms in total. The highest BCUT2D eigenvalue weighted by Gasteiger charge is 2.24. The lowest BCUT2D eigenvalue weighted by Crippen LogP contribution is -2.22. The van der Waals surface area contributed by atoms with E-state index in [0.717, 1.165) is 37.2 Å². The van der Waals surface area contributed by atoms with Crippen molar-refractivity contribution in [2.45, 2.75) is 38.0 Å². The quantitative estimate of drug-likeness (QED) is 0.865. The third-order valence-corrected chi connectivity index (χ3v) is 4.39. The summed E-state index contributed by atoms with van der Waals surface area (Å²) in [6.45, 7) is 2.98. The fourth-order valence-electron chi connectivity index (χ4n) is 2.15. The summed E-state index contributed by atoms with van der Waals surface area (Å²) in [5.74, 6) is 0. The van der Waals surface area contributed by atoms with Gasteiger partial charge in [0.2, 0.25) is 0 Å². The highest BCUT2D eigenvalue weighted by atomic mass is 32.1. The van der Waals surface area contributed by atoms with Crippen molar-refractivity contribution in [2.24, 2.45) is 0 Å². The lowest BCUT2D eigenvalue weighted by molar-refractivity contribution is 0.121. The number of ether oxygens (including phenoxy) is 1. The van der Waals surface area contributed by atoms with Crippen molar-refractivity contribution in [3.05, 3.63) is 11.1 Å². The predicted molar refractivity (Wildman–Crippen MR) is 69.6 cm³/mol. The second-order valence-corrected chi connectivity index (χ2v) is 5.71. The van der Waals surface area contributed by atoms with Crippen LogP contribution in [0.25, 0.3) is 0 Å². The molecule has 1 aromatic heterocycles. The first kappa shape index (κ1) is 11.4. The Bertz CT molecular complexity index is 378. The Balaban J connectivity index is 1.56. The average Bonchev–Trinajstić information content (AvgIpc) is 2.89. The first-order chi connectivity index (χ1) is 8.35. The number of rotatable bonds is 5. The van der Waals surface area contributed by atoms with Crippen LogP contribution < -0.4 is 10.2 Å². The van der Waals surface area contributed by atoms with Gasteiger partial charge in [-0.2, -0.15) is 0 Å². The van der Waals surface area contributed by atoms with Crippen molar-refractivity contribution in [1.29, 1.82) is 0 Å². The van der Waals surface area contributed by atoms with Gasteiger partial charge in [0.1, 0.15) is 0 Å². The van der Waals surface area contributed by atoms with Crippen LogP contribution in [0.5, 0.6) is 0 Å². The van der Waals surface area contributed by atoms with E-state index in [4.69, 9.17) is 4.74 Å². The molecule has 0 amide bonds. The SMILES string of the molecule is COC1CCN(c2nc(CNC3CC3)cs2)C1. The van der Waals surface area contributed by atoms with Crippen LogP contribution in [0.2, 0.25) is 0 Å². The van der Waals surface area contributed by atoms with Crippen LogP contribution in [0.3, 0.4) is 0 Å². The molecule has 0 radical (unpaired) electrons. The fraction of sp³-hybridized carbons (Fsp3) is 0.750. The molecular weight excluding hydrogens is 234 g/mol. The Morgan fingerprint density at radius 3 is 3.12 bits per heavy atom. The van der Waals surface area contributed by atoms with E-state index in [1.807, 2.05) is 0 Å². The molecule has 2 fully saturated rings. The van der Waals surface area contributed by atoms with Crippen LogP contribution in [-0.4, -0.2) is 37.3 Å². The van der Waals surface area contributed by atoms with Gasteiger partial charge in [-0.15, -0.1) is 11.3 Å². The van der Waals surface area contributed by atoms with E-state index in [-0.39, 0.29) is 0 Å². The molecule has 94 valence electrons. The van der Waals surface area contributed by atoms with Gasteiger partial charge >= 0.3 is 0 Å². The molecule has 0 aromatic carbocycles. The van der Waals surface area contributed by atoms with Crippen LogP contribution in [0, 0.1) is 0 Å². The van der Waals surface area contributed by atoms with Crippen LogP contribution in [-0.2, 0) is 11.3 Å². The molecule has 1 aliphatic heterocycles. The van der Waals surface area contributed by atoms with Crippen LogP contribution in [0.4, 0.5) is 5.13 Å². The monoisotopic (exact) mass is 253 g/mol. The maximum absolute atomic E-state index is 5.38. The van der Waals surface area contributed by atoms with Crippen molar-refractivity contribution in [2.75, 3.05) is 25.1 Å². The first-order valence-corrected chi connectivity index (χ1v) is 7.18. The molecule has 1 saturated carbocycles. The summed E-state index contributed by atoms with van der Waals surface area (Å²) in [6.07, 6.45) is 4.16. The smallest absolute Gasteiger partial charge is 0.185 e. The van der Waals surface area contributed by atoms with Gasteiger partial charge in [-0.3, -0.25) is 0 Å². The summed E-state index contributed by atoms with van der Waals surface area (Å²) in [5, 5.41) is 6.82. The normalized spacial score (nSPS) is 24.5. The van der Waals surface area contributed by atoms with E-state index < -0.39 is 0 Å². The van der Waals surface area contributed by atoms with Crippen LogP contribution in [0.15, 0.2) is 5.38 Å². The third kappa shape index (κ3) is 2.78. The molecule has 0 spiro atoms. The predicted octanol–water partition coefficient (Wildman–Crippen LogP) is 1.62. The summed E-state index contributed by atoms with van der Waals surface area (Å²) < 4.78 is 5.38. The standard InChI is InChI=1S/C12H19N3OS/c1-16-11-4-5-15(7-11)12-14-10(8-17-12)6-13-9-2-3-9/h8-9,11,13H,2-7H2,1H3. The molecule has 1 aromatic rings. The van der Waals surface area contributed by atoms with Crippen LogP contribution >= 0.6 is 11.3 Å². The van der Waals surface area contributed by atoms with Crippen molar-refractivity contribution in [3.8, 4) is 0 Å². The van der Waals surface area contributed by atoms with E-state index >= 15 is 0 Å². The molecule has 5 heteroatoms. The summed E-state index contributed by atoms with van der Waals surface area (Å²) in [4.78, 5) is 7.02. The van der Waals surface area contributed by atoms with Gasteiger partial charge in [-0.05, 0) is 19.3 Å². The van der Waals surface area contributed by atoms with Gasteiger partial charge < -0.3 is 15.0 Å². The lowest BCUT2D eigenvalue weighted by Gasteiger charge is -2.13. The second kappa shape index (κ2) is 4.92. The van der Waals surface area contributed by atoms with Crippen molar-refractivity contribution >= 4 is 16.5 Å². The van der Waals surface area contributed by atoms with Crippen molar-refractivity contribution in [1.82, 2.24) is 10.3 Å². The molecule has 1 N–H and O–H groups in total. The van der Waals surface area contributed by atoms with Crippen molar-refractivity contribution in [3.63, 3.8) is 0 Å². The van der Waals surface area contributed by atoms with E-state index in [1.165, 1.54) is 18.5 Å². The Morgan fingerprint density at radius 2 is 2.41 bits per heavy atom. The Hall–Kier alpha value is -0.650. The maximum atomic E-state index is 5.38. The summed E-state index contributed by atoms with van der Waals surface area (Å²) in [5.41, 5.74) is 1.18. The van der Waals surface area contributed by atoms with E-state index in [2.05, 4.69) is 20.6 Å². The first-order valence-electron chi connectivity index (χ1n) is 6.30. The van der Waals surface area contributed by atoms with E-state index in [1.54, 1.807) is 18.4 Å². The zero-order valence-corrected chi connectivity index (χ0v) is 11.0. The molecule has 0 bridgehead atoms. The van der Waals surface area contributed by atoms with Gasteiger partial charge in [0.15, 0.2) is 5.13 Å². The van der Waals surface area contributed by atoms with Crippen LogP contribution in [0.1, 0.15) is 25.0 Å². The number of hydrogen-bond donors (Lipinski definition) is 1.